The van der Waals surface area contributed by atoms with Crippen molar-refractivity contribution in [3.05, 3.63) is 53.6 Å². The topological polar surface area (TPSA) is 91.4 Å². The molecular formula is C29H35NO7. The minimum absolute atomic E-state index is 0.00594. The summed E-state index contributed by atoms with van der Waals surface area (Å²) in [5.41, 5.74) is 2.61. The lowest BCUT2D eigenvalue weighted by Crippen LogP contribution is -2.48. The van der Waals surface area contributed by atoms with Crippen molar-refractivity contribution in [2.45, 2.75) is 65.2 Å². The zero-order valence-corrected chi connectivity index (χ0v) is 22.3. The van der Waals surface area contributed by atoms with Crippen molar-refractivity contribution in [3.8, 4) is 16.9 Å². The van der Waals surface area contributed by atoms with Gasteiger partial charge in [-0.05, 0) is 75.6 Å². The second-order valence-corrected chi connectivity index (χ2v) is 10.1. The molecule has 0 spiro atoms. The van der Waals surface area contributed by atoms with Crippen LogP contribution in [0, 0.1) is 0 Å². The summed E-state index contributed by atoms with van der Waals surface area (Å²) in [5.74, 6) is 2.05. The summed E-state index contributed by atoms with van der Waals surface area (Å²) in [7, 11) is 1.25. The van der Waals surface area contributed by atoms with E-state index < -0.39 is 23.7 Å². The summed E-state index contributed by atoms with van der Waals surface area (Å²) in [4.78, 5) is 39.0. The standard InChI is InChI=1S/C29H35NO7/c1-19(2)35-13-14-36-24-10-7-21(8-11-24)22-9-12-25-23(17-22)15-20(18-31)16-26(27(32)34-6)30(25)28(33)37-29(3,4)5/h7-12,17,19,26H,13-16H2,1-6H3. The number of hydrogen-bond donors (Lipinski definition) is 0. The molecule has 37 heavy (non-hydrogen) atoms. The van der Waals surface area contributed by atoms with Gasteiger partial charge in [-0.2, -0.15) is 0 Å². The number of carbonyl (C=O) groups excluding carboxylic acids is 3. The van der Waals surface area contributed by atoms with E-state index in [1.54, 1.807) is 26.8 Å². The molecule has 8 heteroatoms. The molecule has 1 aliphatic rings. The van der Waals surface area contributed by atoms with E-state index in [2.05, 4.69) is 0 Å². The van der Waals surface area contributed by atoms with Crippen molar-refractivity contribution in [2.75, 3.05) is 25.2 Å². The maximum Gasteiger partial charge on any atom is 0.415 e. The molecule has 1 aliphatic heterocycles. The van der Waals surface area contributed by atoms with Crippen molar-refractivity contribution in [2.24, 2.45) is 0 Å². The summed E-state index contributed by atoms with van der Waals surface area (Å²) >= 11 is 0. The number of nitrogens with zero attached hydrogens (tertiary/aromatic N) is 1. The van der Waals surface area contributed by atoms with Crippen LogP contribution in [0.5, 0.6) is 5.75 Å². The first kappa shape index (κ1) is 28.0. The van der Waals surface area contributed by atoms with Gasteiger partial charge in [-0.25, -0.2) is 14.4 Å². The molecular weight excluding hydrogens is 474 g/mol. The molecule has 1 amide bonds. The van der Waals surface area contributed by atoms with E-state index in [0.29, 0.717) is 30.0 Å². The zero-order chi connectivity index (χ0) is 27.2. The van der Waals surface area contributed by atoms with Crippen molar-refractivity contribution in [1.82, 2.24) is 0 Å². The Balaban J connectivity index is 1.94. The molecule has 0 saturated carbocycles. The largest absolute Gasteiger partial charge is 0.491 e. The van der Waals surface area contributed by atoms with Gasteiger partial charge in [0.05, 0.1) is 25.5 Å². The van der Waals surface area contributed by atoms with Crippen LogP contribution in [0.4, 0.5) is 10.5 Å². The number of ether oxygens (including phenoxy) is 4. The molecule has 198 valence electrons. The van der Waals surface area contributed by atoms with Gasteiger partial charge in [0, 0.05) is 18.4 Å². The number of esters is 1. The molecule has 2 aromatic carbocycles. The van der Waals surface area contributed by atoms with Gasteiger partial charge in [0.2, 0.25) is 0 Å². The number of fused-ring (bicyclic) bond motifs is 1. The third-order valence-electron chi connectivity index (χ3n) is 5.69. The fourth-order valence-corrected chi connectivity index (χ4v) is 4.06. The van der Waals surface area contributed by atoms with Crippen molar-refractivity contribution < 1.29 is 33.3 Å². The van der Waals surface area contributed by atoms with Gasteiger partial charge in [-0.3, -0.25) is 4.90 Å². The maximum atomic E-state index is 13.3. The number of carbonyl (C=O) groups is 2. The molecule has 0 aliphatic carbocycles. The third-order valence-corrected chi connectivity index (χ3v) is 5.69. The van der Waals surface area contributed by atoms with Crippen molar-refractivity contribution in [1.29, 1.82) is 0 Å². The molecule has 0 saturated heterocycles. The third kappa shape index (κ3) is 7.44. The highest BCUT2D eigenvalue weighted by atomic mass is 16.6. The first-order chi connectivity index (χ1) is 17.5. The second-order valence-electron chi connectivity index (χ2n) is 10.1. The van der Waals surface area contributed by atoms with E-state index >= 15 is 0 Å². The highest BCUT2D eigenvalue weighted by Crippen LogP contribution is 2.36. The summed E-state index contributed by atoms with van der Waals surface area (Å²) in [6.07, 6.45) is -0.280. The lowest BCUT2D eigenvalue weighted by molar-refractivity contribution is -0.142. The van der Waals surface area contributed by atoms with Gasteiger partial charge in [0.15, 0.2) is 0 Å². The van der Waals surface area contributed by atoms with E-state index in [1.807, 2.05) is 56.2 Å². The van der Waals surface area contributed by atoms with E-state index in [0.717, 1.165) is 16.9 Å². The van der Waals surface area contributed by atoms with Gasteiger partial charge in [0.1, 0.15) is 29.9 Å². The number of amides is 1. The van der Waals surface area contributed by atoms with Crippen LogP contribution in [0.15, 0.2) is 48.0 Å². The van der Waals surface area contributed by atoms with Gasteiger partial charge < -0.3 is 18.9 Å². The molecule has 1 atom stereocenters. The monoisotopic (exact) mass is 509 g/mol. The minimum atomic E-state index is -1.04. The lowest BCUT2D eigenvalue weighted by atomic mass is 9.98. The SMILES string of the molecule is COC(=O)C1CC(=C=O)Cc2cc(-c3ccc(OCCOC(C)C)cc3)ccc2N1C(=O)OC(C)(C)C. The Bertz CT molecular complexity index is 1160. The fraction of sp³-hybridized carbons (Fsp3) is 0.448. The normalized spacial score (nSPS) is 15.5. The Hall–Kier alpha value is -3.61. The van der Waals surface area contributed by atoms with E-state index in [4.69, 9.17) is 18.9 Å². The number of anilines is 1. The average molecular weight is 510 g/mol. The van der Waals surface area contributed by atoms with E-state index in [-0.39, 0.29) is 18.9 Å². The predicted octanol–water partition coefficient (Wildman–Crippen LogP) is 5.14. The Labute approximate surface area is 218 Å². The molecule has 1 heterocycles. The number of rotatable bonds is 7. The number of hydrogen-bond acceptors (Lipinski definition) is 7. The molecule has 3 rings (SSSR count). The molecule has 0 N–H and O–H groups in total. The zero-order valence-electron chi connectivity index (χ0n) is 22.3. The van der Waals surface area contributed by atoms with Gasteiger partial charge in [-0.15, -0.1) is 0 Å². The summed E-state index contributed by atoms with van der Waals surface area (Å²) < 4.78 is 21.8. The molecule has 2 aromatic rings. The Morgan fingerprint density at radius 3 is 2.32 bits per heavy atom. The minimum Gasteiger partial charge on any atom is -0.491 e. The Morgan fingerprint density at radius 2 is 1.73 bits per heavy atom. The van der Waals surface area contributed by atoms with E-state index in [9.17, 15) is 14.4 Å². The maximum absolute atomic E-state index is 13.3. The summed E-state index contributed by atoms with van der Waals surface area (Å²) in [5, 5.41) is 0. The Morgan fingerprint density at radius 1 is 1.05 bits per heavy atom. The van der Waals surface area contributed by atoms with Crippen LogP contribution in [0.25, 0.3) is 11.1 Å². The second kappa shape index (κ2) is 12.1. The van der Waals surface area contributed by atoms with Crippen LogP contribution < -0.4 is 9.64 Å². The molecule has 0 radical (unpaired) electrons. The molecule has 8 nitrogen and oxygen atoms in total. The highest BCUT2D eigenvalue weighted by Gasteiger charge is 2.39. The highest BCUT2D eigenvalue weighted by molar-refractivity contribution is 5.98. The van der Waals surface area contributed by atoms with Crippen LogP contribution in [0.2, 0.25) is 0 Å². The lowest BCUT2D eigenvalue weighted by Gasteiger charge is -2.31. The average Bonchev–Trinajstić information content (AvgIpc) is 3.01. The summed E-state index contributed by atoms with van der Waals surface area (Å²) in [6.45, 7) is 10.2. The smallest absolute Gasteiger partial charge is 0.415 e. The first-order valence-corrected chi connectivity index (χ1v) is 12.3. The van der Waals surface area contributed by atoms with Crippen LogP contribution >= 0.6 is 0 Å². The number of methoxy groups -OCH3 is 1. The number of benzene rings is 2. The van der Waals surface area contributed by atoms with Gasteiger partial charge >= 0.3 is 12.1 Å². The van der Waals surface area contributed by atoms with Crippen LogP contribution in [-0.4, -0.2) is 56.1 Å². The van der Waals surface area contributed by atoms with Gasteiger partial charge in [0.25, 0.3) is 0 Å². The first-order valence-electron chi connectivity index (χ1n) is 12.3. The van der Waals surface area contributed by atoms with Crippen LogP contribution in [0.1, 0.15) is 46.6 Å². The molecule has 0 aromatic heterocycles. The van der Waals surface area contributed by atoms with Crippen molar-refractivity contribution in [3.63, 3.8) is 0 Å². The predicted molar refractivity (Wildman–Crippen MR) is 141 cm³/mol. The fourth-order valence-electron chi connectivity index (χ4n) is 4.06. The molecule has 0 fully saturated rings. The van der Waals surface area contributed by atoms with Gasteiger partial charge in [-0.1, -0.05) is 18.2 Å². The van der Waals surface area contributed by atoms with E-state index in [1.165, 1.54) is 12.0 Å². The Kier molecular flexibility index (Phi) is 9.14. The van der Waals surface area contributed by atoms with Crippen LogP contribution in [-0.2, 0) is 30.2 Å². The quantitative estimate of drug-likeness (QED) is 0.290. The summed E-state index contributed by atoms with van der Waals surface area (Å²) in [6, 6.07) is 12.2. The van der Waals surface area contributed by atoms with Crippen LogP contribution in [0.3, 0.4) is 0 Å². The van der Waals surface area contributed by atoms with Crippen molar-refractivity contribution >= 4 is 23.7 Å². The molecule has 0 bridgehead atoms. The molecule has 1 unspecified atom stereocenters.